The van der Waals surface area contributed by atoms with E-state index in [1.165, 1.54) is 6.42 Å². The van der Waals surface area contributed by atoms with Crippen LogP contribution in [0.3, 0.4) is 0 Å². The summed E-state index contributed by atoms with van der Waals surface area (Å²) in [5, 5.41) is 15.9. The zero-order valence-electron chi connectivity index (χ0n) is 13.4. The number of halogens is 1. The molecular formula is C20H19ClN2O. The van der Waals surface area contributed by atoms with Crippen LogP contribution in [0.25, 0.3) is 22.0 Å². The van der Waals surface area contributed by atoms with Crippen LogP contribution < -0.4 is 9.63 Å². The summed E-state index contributed by atoms with van der Waals surface area (Å²) in [5.41, 5.74) is 1.62. The Kier molecular flexibility index (Phi) is 4.03. The monoisotopic (exact) mass is 338 g/mol. The van der Waals surface area contributed by atoms with E-state index in [0.29, 0.717) is 10.7 Å². The molecule has 2 aromatic carbocycles. The summed E-state index contributed by atoms with van der Waals surface area (Å²) < 4.78 is 1.08. The minimum atomic E-state index is 0.660. The molecule has 4 heteroatoms. The summed E-state index contributed by atoms with van der Waals surface area (Å²) in [6, 6.07) is 17.6. The lowest BCUT2D eigenvalue weighted by Crippen LogP contribution is -2.42. The van der Waals surface area contributed by atoms with Crippen molar-refractivity contribution in [3.63, 3.8) is 0 Å². The number of rotatable bonds is 2. The Balaban J connectivity index is 1.99. The van der Waals surface area contributed by atoms with Crippen molar-refractivity contribution in [1.82, 2.24) is 0 Å². The topological polar surface area (TPSA) is 30.2 Å². The van der Waals surface area contributed by atoms with Gasteiger partial charge in [0.15, 0.2) is 0 Å². The van der Waals surface area contributed by atoms with Gasteiger partial charge in [0, 0.05) is 10.6 Å². The fourth-order valence-electron chi connectivity index (χ4n) is 3.49. The molecule has 3 aromatic rings. The molecule has 4 rings (SSSR count). The average Bonchev–Trinajstić information content (AvgIpc) is 2.63. The van der Waals surface area contributed by atoms with Crippen molar-refractivity contribution in [1.29, 1.82) is 0 Å². The van der Waals surface area contributed by atoms with Gasteiger partial charge in [0.05, 0.1) is 18.5 Å². The summed E-state index contributed by atoms with van der Waals surface area (Å²) in [6.45, 7) is 1.84. The van der Waals surface area contributed by atoms with Crippen LogP contribution in [0.5, 0.6) is 0 Å². The smallest absolute Gasteiger partial charge is 0.288 e. The van der Waals surface area contributed by atoms with Gasteiger partial charge in [-0.3, -0.25) is 4.90 Å². The number of pyridine rings is 1. The highest BCUT2D eigenvalue weighted by Gasteiger charge is 2.25. The van der Waals surface area contributed by atoms with E-state index in [9.17, 15) is 5.21 Å². The van der Waals surface area contributed by atoms with Crippen LogP contribution in [0.15, 0.2) is 54.6 Å². The lowest BCUT2D eigenvalue weighted by Gasteiger charge is -2.27. The molecule has 1 fully saturated rings. The highest BCUT2D eigenvalue weighted by atomic mass is 35.5. The van der Waals surface area contributed by atoms with E-state index in [1.54, 1.807) is 0 Å². The maximum absolute atomic E-state index is 13.2. The van der Waals surface area contributed by atoms with E-state index in [2.05, 4.69) is 4.90 Å². The number of nitrogens with zero attached hydrogens (tertiary/aromatic N) is 2. The van der Waals surface area contributed by atoms with Crippen molar-refractivity contribution >= 4 is 28.2 Å². The molecule has 0 N–H and O–H groups in total. The van der Waals surface area contributed by atoms with Crippen molar-refractivity contribution < 1.29 is 4.73 Å². The quantitative estimate of drug-likeness (QED) is 0.497. The van der Waals surface area contributed by atoms with Gasteiger partial charge in [-0.05, 0) is 42.8 Å². The number of hydrogen-bond acceptors (Lipinski definition) is 2. The second-order valence-corrected chi connectivity index (χ2v) is 6.73. The standard InChI is InChI=1S/C20H19ClN2O/c21-17-10-9-16-13-19(15-7-3-1-4-8-15)23(24)20(18(16)14-17)22-11-5-2-6-12-22/h1,3-4,7-10,13-14H,2,5-6,11-12H2. The van der Waals surface area contributed by atoms with E-state index < -0.39 is 0 Å². The van der Waals surface area contributed by atoms with Gasteiger partial charge in [0.2, 0.25) is 0 Å². The molecule has 0 radical (unpaired) electrons. The van der Waals surface area contributed by atoms with Gasteiger partial charge in [-0.25, -0.2) is 4.73 Å². The predicted molar refractivity (Wildman–Crippen MR) is 99.4 cm³/mol. The maximum atomic E-state index is 13.2. The minimum absolute atomic E-state index is 0.660. The molecule has 0 atom stereocenters. The maximum Gasteiger partial charge on any atom is 0.288 e. The van der Waals surface area contributed by atoms with E-state index in [-0.39, 0.29) is 0 Å². The molecule has 1 saturated heterocycles. The van der Waals surface area contributed by atoms with Crippen molar-refractivity contribution in [2.24, 2.45) is 0 Å². The summed E-state index contributed by atoms with van der Waals surface area (Å²) >= 11 is 6.21. The van der Waals surface area contributed by atoms with Gasteiger partial charge in [0.1, 0.15) is 5.69 Å². The van der Waals surface area contributed by atoms with Gasteiger partial charge in [0.25, 0.3) is 5.82 Å². The van der Waals surface area contributed by atoms with Gasteiger partial charge < -0.3 is 5.21 Å². The first-order valence-corrected chi connectivity index (χ1v) is 8.78. The van der Waals surface area contributed by atoms with Gasteiger partial charge in [-0.15, -0.1) is 0 Å². The molecule has 0 unspecified atom stereocenters. The lowest BCUT2D eigenvalue weighted by atomic mass is 10.0. The largest absolute Gasteiger partial charge is 0.710 e. The first-order chi connectivity index (χ1) is 11.7. The molecule has 3 nitrogen and oxygen atoms in total. The predicted octanol–water partition coefficient (Wildman–Crippen LogP) is 4.78. The van der Waals surface area contributed by atoms with Crippen LogP contribution in [-0.2, 0) is 0 Å². The Morgan fingerprint density at radius 2 is 1.67 bits per heavy atom. The van der Waals surface area contributed by atoms with E-state index in [4.69, 9.17) is 11.6 Å². The fraction of sp³-hybridized carbons (Fsp3) is 0.250. The van der Waals surface area contributed by atoms with Crippen LogP contribution in [0.1, 0.15) is 19.3 Å². The second kappa shape index (κ2) is 6.33. The number of benzene rings is 2. The highest BCUT2D eigenvalue weighted by Crippen LogP contribution is 2.31. The van der Waals surface area contributed by atoms with Crippen LogP contribution in [0.4, 0.5) is 5.82 Å². The minimum Gasteiger partial charge on any atom is -0.710 e. The number of piperidine rings is 1. The average molecular weight is 339 g/mol. The fourth-order valence-corrected chi connectivity index (χ4v) is 3.66. The first kappa shape index (κ1) is 15.3. The number of fused-ring (bicyclic) bond motifs is 1. The molecule has 1 aromatic heterocycles. The zero-order chi connectivity index (χ0) is 16.5. The van der Waals surface area contributed by atoms with Crippen LogP contribution in [-0.4, -0.2) is 13.1 Å². The number of aromatic nitrogens is 1. The van der Waals surface area contributed by atoms with Crippen molar-refractivity contribution in [3.05, 3.63) is 64.8 Å². The van der Waals surface area contributed by atoms with Crippen molar-refractivity contribution in [2.75, 3.05) is 18.0 Å². The van der Waals surface area contributed by atoms with Crippen LogP contribution in [0, 0.1) is 5.21 Å². The van der Waals surface area contributed by atoms with Crippen molar-refractivity contribution in [3.8, 4) is 11.3 Å². The third-order valence-corrected chi connectivity index (χ3v) is 4.92. The molecule has 122 valence electrons. The molecule has 0 spiro atoms. The number of hydrogen-bond donors (Lipinski definition) is 0. The third-order valence-electron chi connectivity index (χ3n) is 4.68. The molecule has 0 amide bonds. The molecule has 24 heavy (non-hydrogen) atoms. The highest BCUT2D eigenvalue weighted by molar-refractivity contribution is 6.31. The summed E-state index contributed by atoms with van der Waals surface area (Å²) in [7, 11) is 0. The summed E-state index contributed by atoms with van der Waals surface area (Å²) in [4.78, 5) is 2.21. The van der Waals surface area contributed by atoms with E-state index in [0.717, 1.165) is 52.8 Å². The lowest BCUT2D eigenvalue weighted by molar-refractivity contribution is -0.579. The van der Waals surface area contributed by atoms with Gasteiger partial charge in [-0.1, -0.05) is 48.0 Å². The second-order valence-electron chi connectivity index (χ2n) is 6.29. The van der Waals surface area contributed by atoms with Gasteiger partial charge in [-0.2, -0.15) is 0 Å². The SMILES string of the molecule is [O-][n+]1c(-c2ccccc2)cc2ccc(Cl)cc2c1N1CCCCC1. The summed E-state index contributed by atoms with van der Waals surface area (Å²) in [5.74, 6) is 0.730. The summed E-state index contributed by atoms with van der Waals surface area (Å²) in [6.07, 6.45) is 3.47. The molecule has 1 aliphatic heterocycles. The van der Waals surface area contributed by atoms with Crippen LogP contribution in [0.2, 0.25) is 5.02 Å². The Hall–Kier alpha value is -2.26. The molecule has 0 bridgehead atoms. The molecule has 1 aliphatic rings. The molecule has 0 saturated carbocycles. The Morgan fingerprint density at radius 3 is 2.42 bits per heavy atom. The van der Waals surface area contributed by atoms with Gasteiger partial charge >= 0.3 is 0 Å². The number of anilines is 1. The Labute approximate surface area is 146 Å². The van der Waals surface area contributed by atoms with E-state index in [1.807, 2.05) is 54.6 Å². The normalized spacial score (nSPS) is 15.0. The molecule has 0 aliphatic carbocycles. The third kappa shape index (κ3) is 2.69. The Bertz CT molecular complexity index is 874. The molecule has 2 heterocycles. The Morgan fingerprint density at radius 1 is 0.917 bits per heavy atom. The van der Waals surface area contributed by atoms with E-state index >= 15 is 0 Å². The zero-order valence-corrected chi connectivity index (χ0v) is 14.2. The van der Waals surface area contributed by atoms with Crippen molar-refractivity contribution in [2.45, 2.75) is 19.3 Å². The van der Waals surface area contributed by atoms with Crippen LogP contribution >= 0.6 is 11.6 Å². The first-order valence-electron chi connectivity index (χ1n) is 8.40. The molecular weight excluding hydrogens is 320 g/mol.